The largest absolute Gasteiger partial charge is 0.376 e. The number of hydrogen-bond donors (Lipinski definition) is 1. The van der Waals surface area contributed by atoms with Gasteiger partial charge in [-0.25, -0.2) is 4.98 Å². The molecule has 1 aliphatic carbocycles. The summed E-state index contributed by atoms with van der Waals surface area (Å²) in [6.07, 6.45) is 3.31. The lowest BCUT2D eigenvalue weighted by Gasteiger charge is -2.40. The van der Waals surface area contributed by atoms with Crippen LogP contribution >= 0.6 is 11.6 Å². The van der Waals surface area contributed by atoms with Gasteiger partial charge < -0.3 is 10.1 Å². The van der Waals surface area contributed by atoms with E-state index in [1.54, 1.807) is 19.2 Å². The molecule has 1 heterocycles. The van der Waals surface area contributed by atoms with Crippen molar-refractivity contribution in [2.24, 2.45) is 0 Å². The molecule has 1 saturated carbocycles. The van der Waals surface area contributed by atoms with Crippen LogP contribution in [0.25, 0.3) is 0 Å². The number of nitrogens with one attached hydrogen (secondary N) is 1. The highest BCUT2D eigenvalue weighted by molar-refractivity contribution is 6.29. The minimum absolute atomic E-state index is 0.0726. The fourth-order valence-corrected chi connectivity index (χ4v) is 2.14. The van der Waals surface area contributed by atoms with Crippen LogP contribution in [0.15, 0.2) is 12.1 Å². The molecule has 1 aliphatic rings. The molecule has 90 valence electrons. The molecule has 1 fully saturated rings. The minimum atomic E-state index is -0.0726. The van der Waals surface area contributed by atoms with E-state index in [9.17, 15) is 0 Å². The maximum atomic E-state index is 8.83. The average molecular weight is 252 g/mol. The van der Waals surface area contributed by atoms with Crippen molar-refractivity contribution in [3.05, 3.63) is 22.8 Å². The number of aromatic nitrogens is 1. The highest BCUT2D eigenvalue weighted by atomic mass is 35.5. The number of rotatable bonds is 4. The normalized spacial score (nSPS) is 17.0. The third kappa shape index (κ3) is 2.68. The van der Waals surface area contributed by atoms with Crippen LogP contribution in [-0.4, -0.2) is 24.2 Å². The van der Waals surface area contributed by atoms with Crippen LogP contribution in [-0.2, 0) is 4.74 Å². The Labute approximate surface area is 106 Å². The van der Waals surface area contributed by atoms with E-state index in [1.165, 1.54) is 6.42 Å². The van der Waals surface area contributed by atoms with E-state index in [0.29, 0.717) is 23.1 Å². The monoisotopic (exact) mass is 251 g/mol. The van der Waals surface area contributed by atoms with Crippen LogP contribution < -0.4 is 5.32 Å². The van der Waals surface area contributed by atoms with Gasteiger partial charge in [0.15, 0.2) is 0 Å². The molecule has 1 N–H and O–H groups in total. The number of ether oxygens (including phenoxy) is 1. The standard InChI is InChI=1S/C12H14ClN3O/c1-17-12(3-2-4-12)8-15-11-6-9(7-14)5-10(13)16-11/h5-6H,2-4,8H2,1H3,(H,15,16). The van der Waals surface area contributed by atoms with Gasteiger partial charge in [0.25, 0.3) is 0 Å². The van der Waals surface area contributed by atoms with E-state index < -0.39 is 0 Å². The second-order valence-corrected chi connectivity index (χ2v) is 4.66. The first kappa shape index (κ1) is 12.2. The SMILES string of the molecule is COC1(CNc2cc(C#N)cc(Cl)n2)CCC1. The van der Waals surface area contributed by atoms with E-state index in [0.717, 1.165) is 12.8 Å². The quantitative estimate of drug-likeness (QED) is 0.836. The highest BCUT2D eigenvalue weighted by Gasteiger charge is 2.36. The summed E-state index contributed by atoms with van der Waals surface area (Å²) in [5.74, 6) is 0.623. The Hall–Kier alpha value is -1.31. The van der Waals surface area contributed by atoms with Gasteiger partial charge in [0.05, 0.1) is 17.2 Å². The molecule has 17 heavy (non-hydrogen) atoms. The fraction of sp³-hybridized carbons (Fsp3) is 0.500. The predicted molar refractivity (Wildman–Crippen MR) is 66.0 cm³/mol. The van der Waals surface area contributed by atoms with Gasteiger partial charge in [0.1, 0.15) is 11.0 Å². The van der Waals surface area contributed by atoms with E-state index in [1.807, 2.05) is 0 Å². The maximum absolute atomic E-state index is 8.83. The molecule has 4 nitrogen and oxygen atoms in total. The molecule has 0 spiro atoms. The van der Waals surface area contributed by atoms with Crippen molar-refractivity contribution in [1.82, 2.24) is 4.98 Å². The summed E-state index contributed by atoms with van der Waals surface area (Å²) in [4.78, 5) is 4.13. The van der Waals surface area contributed by atoms with Gasteiger partial charge in [-0.05, 0) is 31.4 Å². The molecule has 0 saturated heterocycles. The molecule has 0 aromatic carbocycles. The Morgan fingerprint density at radius 1 is 1.59 bits per heavy atom. The van der Waals surface area contributed by atoms with Crippen LogP contribution in [0.2, 0.25) is 5.15 Å². The first-order valence-corrected chi connectivity index (χ1v) is 5.92. The van der Waals surface area contributed by atoms with Gasteiger partial charge >= 0.3 is 0 Å². The van der Waals surface area contributed by atoms with Crippen LogP contribution in [0.3, 0.4) is 0 Å². The number of methoxy groups -OCH3 is 1. The molecular formula is C12H14ClN3O. The van der Waals surface area contributed by atoms with Crippen molar-refractivity contribution in [2.45, 2.75) is 24.9 Å². The van der Waals surface area contributed by atoms with Gasteiger partial charge in [-0.2, -0.15) is 5.26 Å². The van der Waals surface area contributed by atoms with Crippen molar-refractivity contribution >= 4 is 17.4 Å². The molecule has 0 amide bonds. The summed E-state index contributed by atoms with van der Waals surface area (Å²) in [5, 5.41) is 12.3. The highest BCUT2D eigenvalue weighted by Crippen LogP contribution is 2.35. The summed E-state index contributed by atoms with van der Waals surface area (Å²) in [6, 6.07) is 5.28. The number of hydrogen-bond acceptors (Lipinski definition) is 4. The lowest BCUT2D eigenvalue weighted by atomic mass is 9.80. The van der Waals surface area contributed by atoms with Crippen molar-refractivity contribution in [2.75, 3.05) is 19.0 Å². The fourth-order valence-electron chi connectivity index (χ4n) is 1.93. The van der Waals surface area contributed by atoms with Gasteiger partial charge in [-0.15, -0.1) is 0 Å². The van der Waals surface area contributed by atoms with E-state index in [2.05, 4.69) is 16.4 Å². The molecule has 5 heteroatoms. The second-order valence-electron chi connectivity index (χ2n) is 4.27. The molecular weight excluding hydrogens is 238 g/mol. The van der Waals surface area contributed by atoms with E-state index in [4.69, 9.17) is 21.6 Å². The molecule has 0 bridgehead atoms. The van der Waals surface area contributed by atoms with E-state index >= 15 is 0 Å². The van der Waals surface area contributed by atoms with Crippen molar-refractivity contribution < 1.29 is 4.74 Å². The van der Waals surface area contributed by atoms with Gasteiger partial charge in [-0.3, -0.25) is 0 Å². The number of halogens is 1. The van der Waals surface area contributed by atoms with Crippen LogP contribution in [0.1, 0.15) is 24.8 Å². The summed E-state index contributed by atoms with van der Waals surface area (Å²) in [5.41, 5.74) is 0.434. The minimum Gasteiger partial charge on any atom is -0.376 e. The van der Waals surface area contributed by atoms with Crippen LogP contribution in [0, 0.1) is 11.3 Å². The molecule has 1 aromatic heterocycles. The zero-order valence-electron chi connectivity index (χ0n) is 9.66. The summed E-state index contributed by atoms with van der Waals surface area (Å²) in [7, 11) is 1.73. The Morgan fingerprint density at radius 2 is 2.35 bits per heavy atom. The average Bonchev–Trinajstić information content (AvgIpc) is 2.27. The molecule has 0 atom stereocenters. The third-order valence-corrected chi connectivity index (χ3v) is 3.41. The summed E-state index contributed by atoms with van der Waals surface area (Å²) < 4.78 is 5.49. The first-order chi connectivity index (χ1) is 8.17. The van der Waals surface area contributed by atoms with Crippen molar-refractivity contribution in [3.8, 4) is 6.07 Å². The smallest absolute Gasteiger partial charge is 0.132 e. The van der Waals surface area contributed by atoms with E-state index in [-0.39, 0.29) is 5.60 Å². The molecule has 1 aromatic rings. The number of nitrogens with zero attached hydrogens (tertiary/aromatic N) is 2. The first-order valence-electron chi connectivity index (χ1n) is 5.54. The van der Waals surface area contributed by atoms with Gasteiger partial charge in [-0.1, -0.05) is 11.6 Å². The zero-order valence-corrected chi connectivity index (χ0v) is 10.4. The molecule has 2 rings (SSSR count). The Morgan fingerprint density at radius 3 is 2.88 bits per heavy atom. The number of anilines is 1. The molecule has 0 aliphatic heterocycles. The van der Waals surface area contributed by atoms with Crippen molar-refractivity contribution in [3.63, 3.8) is 0 Å². The third-order valence-electron chi connectivity index (χ3n) is 3.21. The molecule has 0 radical (unpaired) electrons. The Kier molecular flexibility index (Phi) is 3.51. The van der Waals surface area contributed by atoms with Crippen LogP contribution in [0.4, 0.5) is 5.82 Å². The second kappa shape index (κ2) is 4.91. The lowest BCUT2D eigenvalue weighted by Crippen LogP contribution is -2.45. The number of pyridine rings is 1. The zero-order chi connectivity index (χ0) is 12.3. The maximum Gasteiger partial charge on any atom is 0.132 e. The Bertz CT molecular complexity index is 446. The Balaban J connectivity index is 2.04. The number of nitriles is 1. The lowest BCUT2D eigenvalue weighted by molar-refractivity contribution is -0.0601. The predicted octanol–water partition coefficient (Wildman–Crippen LogP) is 2.59. The summed E-state index contributed by atoms with van der Waals surface area (Å²) in [6.45, 7) is 0.696. The van der Waals surface area contributed by atoms with Gasteiger partial charge in [0.2, 0.25) is 0 Å². The van der Waals surface area contributed by atoms with Gasteiger partial charge in [0, 0.05) is 13.7 Å². The van der Waals surface area contributed by atoms with Crippen LogP contribution in [0.5, 0.6) is 0 Å². The van der Waals surface area contributed by atoms with Crippen molar-refractivity contribution in [1.29, 1.82) is 5.26 Å². The molecule has 0 unspecified atom stereocenters. The summed E-state index contributed by atoms with van der Waals surface area (Å²) >= 11 is 5.83. The topological polar surface area (TPSA) is 57.9 Å².